The van der Waals surface area contributed by atoms with Gasteiger partial charge in [0, 0.05) is 12.6 Å². The Kier molecular flexibility index (Phi) is 3.61. The molecule has 1 atom stereocenters. The summed E-state index contributed by atoms with van der Waals surface area (Å²) >= 11 is 1.49. The molecule has 1 aliphatic rings. The first-order chi connectivity index (χ1) is 7.68. The van der Waals surface area contributed by atoms with Gasteiger partial charge >= 0.3 is 0 Å². The predicted molar refractivity (Wildman–Crippen MR) is 66.9 cm³/mol. The molecule has 1 saturated carbocycles. The maximum absolute atomic E-state index is 11.8. The molecule has 16 heavy (non-hydrogen) atoms. The minimum absolute atomic E-state index is 0.0579. The molecule has 1 heterocycles. The van der Waals surface area contributed by atoms with Crippen LogP contribution < -0.4 is 5.32 Å². The highest BCUT2D eigenvalue weighted by molar-refractivity contribution is 7.12. The topological polar surface area (TPSA) is 32.3 Å². The van der Waals surface area contributed by atoms with Gasteiger partial charge in [0.2, 0.25) is 0 Å². The van der Waals surface area contributed by atoms with Gasteiger partial charge in [-0.25, -0.2) is 0 Å². The fourth-order valence-corrected chi connectivity index (χ4v) is 2.58. The van der Waals surface area contributed by atoms with E-state index in [2.05, 4.69) is 24.3 Å². The maximum Gasteiger partial charge on any atom is 0.261 e. The Morgan fingerprint density at radius 1 is 1.62 bits per heavy atom. The zero-order chi connectivity index (χ0) is 11.5. The molecule has 0 saturated heterocycles. The normalized spacial score (nSPS) is 17.4. The van der Waals surface area contributed by atoms with Gasteiger partial charge in [-0.3, -0.25) is 4.79 Å². The number of hydrogen-bond donors (Lipinski definition) is 1. The van der Waals surface area contributed by atoms with E-state index < -0.39 is 0 Å². The molecule has 3 nitrogen and oxygen atoms in total. The molecule has 88 valence electrons. The highest BCUT2D eigenvalue weighted by Gasteiger charge is 2.32. The standard InChI is InChI=1S/C12H18N2OS/c1-14(2)10(9-5-6-9)8-13-12(15)11-4-3-7-16-11/h3-4,7,9-10H,5-6,8H2,1-2H3,(H,13,15)/t10-/m0/s1. The Hall–Kier alpha value is -0.870. The van der Waals surface area contributed by atoms with Crippen molar-refractivity contribution in [3.63, 3.8) is 0 Å². The van der Waals surface area contributed by atoms with Crippen LogP contribution in [0.2, 0.25) is 0 Å². The Morgan fingerprint density at radius 2 is 2.38 bits per heavy atom. The summed E-state index contributed by atoms with van der Waals surface area (Å²) in [6.45, 7) is 0.758. The molecule has 0 unspecified atom stereocenters. The molecule has 0 aromatic carbocycles. The third kappa shape index (κ3) is 2.83. The number of rotatable bonds is 5. The molecule has 1 amide bonds. The van der Waals surface area contributed by atoms with E-state index in [-0.39, 0.29) is 5.91 Å². The zero-order valence-electron chi connectivity index (χ0n) is 9.77. The monoisotopic (exact) mass is 238 g/mol. The van der Waals surface area contributed by atoms with Crippen molar-refractivity contribution in [2.75, 3.05) is 20.6 Å². The van der Waals surface area contributed by atoms with Crippen LogP contribution >= 0.6 is 11.3 Å². The third-order valence-corrected chi connectivity index (χ3v) is 3.91. The Balaban J connectivity index is 1.83. The fraction of sp³-hybridized carbons (Fsp3) is 0.583. The SMILES string of the molecule is CN(C)[C@@H](CNC(=O)c1cccs1)C1CC1. The van der Waals surface area contributed by atoms with Crippen molar-refractivity contribution in [3.8, 4) is 0 Å². The lowest BCUT2D eigenvalue weighted by atomic mass is 10.1. The van der Waals surface area contributed by atoms with E-state index in [4.69, 9.17) is 0 Å². The Labute approximate surface area is 100 Å². The molecule has 2 rings (SSSR count). The largest absolute Gasteiger partial charge is 0.350 e. The first kappa shape index (κ1) is 11.6. The highest BCUT2D eigenvalue weighted by Crippen LogP contribution is 2.34. The van der Waals surface area contributed by atoms with Crippen molar-refractivity contribution in [3.05, 3.63) is 22.4 Å². The van der Waals surface area contributed by atoms with Crippen LogP contribution in [0, 0.1) is 5.92 Å². The second-order valence-electron chi connectivity index (χ2n) is 4.56. The number of hydrogen-bond acceptors (Lipinski definition) is 3. The van der Waals surface area contributed by atoms with Gasteiger partial charge in [0.15, 0.2) is 0 Å². The molecule has 0 aliphatic heterocycles. The summed E-state index contributed by atoms with van der Waals surface area (Å²) in [6.07, 6.45) is 2.61. The van der Waals surface area contributed by atoms with E-state index in [9.17, 15) is 4.79 Å². The van der Waals surface area contributed by atoms with Crippen molar-refractivity contribution in [1.29, 1.82) is 0 Å². The summed E-state index contributed by atoms with van der Waals surface area (Å²) in [5, 5.41) is 4.95. The fourth-order valence-electron chi connectivity index (χ4n) is 1.94. The summed E-state index contributed by atoms with van der Waals surface area (Å²) in [5.41, 5.74) is 0. The van der Waals surface area contributed by atoms with Crippen molar-refractivity contribution in [2.45, 2.75) is 18.9 Å². The zero-order valence-corrected chi connectivity index (χ0v) is 10.6. The van der Waals surface area contributed by atoms with Gasteiger partial charge in [0.05, 0.1) is 4.88 Å². The summed E-state index contributed by atoms with van der Waals surface area (Å²) in [4.78, 5) is 14.8. The Morgan fingerprint density at radius 3 is 2.88 bits per heavy atom. The highest BCUT2D eigenvalue weighted by atomic mass is 32.1. The number of nitrogens with one attached hydrogen (secondary N) is 1. The van der Waals surface area contributed by atoms with Crippen LogP contribution in [0.5, 0.6) is 0 Å². The minimum atomic E-state index is 0.0579. The summed E-state index contributed by atoms with van der Waals surface area (Å²) in [7, 11) is 4.17. The molecule has 1 aromatic rings. The predicted octanol–water partition coefficient (Wildman–Crippen LogP) is 1.82. The van der Waals surface area contributed by atoms with E-state index in [0.717, 1.165) is 17.3 Å². The van der Waals surface area contributed by atoms with Crippen LogP contribution in [0.25, 0.3) is 0 Å². The molecule has 4 heteroatoms. The second kappa shape index (κ2) is 4.97. The number of carbonyl (C=O) groups excluding carboxylic acids is 1. The average molecular weight is 238 g/mol. The third-order valence-electron chi connectivity index (χ3n) is 3.05. The molecule has 1 fully saturated rings. The second-order valence-corrected chi connectivity index (χ2v) is 5.50. The molecule has 0 bridgehead atoms. The molecule has 0 radical (unpaired) electrons. The molecule has 1 aromatic heterocycles. The first-order valence-electron chi connectivity index (χ1n) is 5.66. The van der Waals surface area contributed by atoms with Crippen LogP contribution in [0.15, 0.2) is 17.5 Å². The number of amides is 1. The van der Waals surface area contributed by atoms with E-state index in [0.29, 0.717) is 6.04 Å². The van der Waals surface area contributed by atoms with E-state index in [1.165, 1.54) is 24.2 Å². The lowest BCUT2D eigenvalue weighted by Crippen LogP contribution is -2.41. The van der Waals surface area contributed by atoms with E-state index in [1.54, 1.807) is 0 Å². The van der Waals surface area contributed by atoms with Crippen LogP contribution in [0.4, 0.5) is 0 Å². The maximum atomic E-state index is 11.8. The van der Waals surface area contributed by atoms with Gasteiger partial charge in [0.25, 0.3) is 5.91 Å². The summed E-state index contributed by atoms with van der Waals surface area (Å²) < 4.78 is 0. The molecule has 0 spiro atoms. The van der Waals surface area contributed by atoms with Gasteiger partial charge < -0.3 is 10.2 Å². The van der Waals surface area contributed by atoms with Crippen molar-refractivity contribution < 1.29 is 4.79 Å². The van der Waals surface area contributed by atoms with Gasteiger partial charge in [0.1, 0.15) is 0 Å². The van der Waals surface area contributed by atoms with Gasteiger partial charge in [-0.15, -0.1) is 11.3 Å². The van der Waals surface area contributed by atoms with Gasteiger partial charge in [-0.05, 0) is 44.3 Å². The molecular weight excluding hydrogens is 220 g/mol. The average Bonchev–Trinajstić information content (AvgIpc) is 2.93. The van der Waals surface area contributed by atoms with Gasteiger partial charge in [-0.2, -0.15) is 0 Å². The van der Waals surface area contributed by atoms with Crippen molar-refractivity contribution >= 4 is 17.2 Å². The summed E-state index contributed by atoms with van der Waals surface area (Å²) in [6, 6.07) is 4.26. The van der Waals surface area contributed by atoms with Crippen LogP contribution in [-0.2, 0) is 0 Å². The molecule has 1 N–H and O–H groups in total. The molecule has 1 aliphatic carbocycles. The van der Waals surface area contributed by atoms with Gasteiger partial charge in [-0.1, -0.05) is 6.07 Å². The minimum Gasteiger partial charge on any atom is -0.350 e. The smallest absolute Gasteiger partial charge is 0.261 e. The van der Waals surface area contributed by atoms with E-state index >= 15 is 0 Å². The lowest BCUT2D eigenvalue weighted by Gasteiger charge is -2.24. The van der Waals surface area contributed by atoms with Crippen molar-refractivity contribution in [1.82, 2.24) is 10.2 Å². The van der Waals surface area contributed by atoms with Crippen molar-refractivity contribution in [2.24, 2.45) is 5.92 Å². The lowest BCUT2D eigenvalue weighted by molar-refractivity contribution is 0.0943. The van der Waals surface area contributed by atoms with E-state index in [1.807, 2.05) is 17.5 Å². The Bertz CT molecular complexity index is 342. The number of nitrogens with zero attached hydrogens (tertiary/aromatic N) is 1. The van der Waals surface area contributed by atoms with Crippen LogP contribution in [0.1, 0.15) is 22.5 Å². The number of carbonyl (C=O) groups is 1. The first-order valence-corrected chi connectivity index (χ1v) is 6.54. The van der Waals surface area contributed by atoms with Crippen LogP contribution in [-0.4, -0.2) is 37.5 Å². The van der Waals surface area contributed by atoms with Crippen LogP contribution in [0.3, 0.4) is 0 Å². The quantitative estimate of drug-likeness (QED) is 0.848. The number of likely N-dealkylation sites (N-methyl/N-ethyl adjacent to an activating group) is 1. The molecular formula is C12H18N2OS. The summed E-state index contributed by atoms with van der Waals surface area (Å²) in [5.74, 6) is 0.834. The number of thiophene rings is 1.